The molecular formula is C59H52F9IO9S7. The second kappa shape index (κ2) is 29.3. The number of halogens is 10. The van der Waals surface area contributed by atoms with E-state index in [1.807, 2.05) is 23.5 Å². The molecule has 0 N–H and O–H groups in total. The second-order valence-corrected chi connectivity index (χ2v) is 31.6. The summed E-state index contributed by atoms with van der Waals surface area (Å²) in [6.07, 6.45) is 0. The lowest BCUT2D eigenvalue weighted by Crippen LogP contribution is -3.61. The third kappa shape index (κ3) is 19.7. The van der Waals surface area contributed by atoms with E-state index in [2.05, 4.69) is 225 Å². The van der Waals surface area contributed by atoms with E-state index in [0.29, 0.717) is 0 Å². The number of hydrogen-bond donors (Lipinski definition) is 0. The number of aryl methyl sites for hydroxylation is 4. The summed E-state index contributed by atoms with van der Waals surface area (Å²) in [7, 11) is -18.6. The molecule has 26 heteroatoms. The Balaban J connectivity index is 0.000000461. The fourth-order valence-electron chi connectivity index (χ4n) is 7.34. The zero-order valence-corrected chi connectivity index (χ0v) is 53.9. The maximum absolute atomic E-state index is 10.7. The van der Waals surface area contributed by atoms with Gasteiger partial charge in [0.15, 0.2) is 66.9 Å². The number of alkyl halides is 9. The van der Waals surface area contributed by atoms with Crippen LogP contribution in [0.25, 0.3) is 0 Å². The summed E-state index contributed by atoms with van der Waals surface area (Å²) in [6, 6.07) is 64.2. The quantitative estimate of drug-likeness (QED) is 0.0375. The highest BCUT2D eigenvalue weighted by atomic mass is 127. The van der Waals surface area contributed by atoms with Gasteiger partial charge in [-0.25, -0.2) is 25.3 Å². The summed E-state index contributed by atoms with van der Waals surface area (Å²) in [5, 5.41) is 0. The van der Waals surface area contributed by atoms with Gasteiger partial charge >= 0.3 is 37.7 Å². The van der Waals surface area contributed by atoms with Gasteiger partial charge in [0.05, 0.1) is 21.8 Å². The van der Waals surface area contributed by atoms with Crippen molar-refractivity contribution in [1.82, 2.24) is 0 Å². The average molecular weight is 1430 g/mol. The van der Waals surface area contributed by atoms with Gasteiger partial charge in [0.1, 0.15) is 0 Å². The van der Waals surface area contributed by atoms with Crippen molar-refractivity contribution in [2.45, 2.75) is 121 Å². The van der Waals surface area contributed by atoms with Crippen LogP contribution in [0.3, 0.4) is 0 Å². The molecule has 8 aromatic rings. The van der Waals surface area contributed by atoms with E-state index in [1.54, 1.807) is 0 Å². The van der Waals surface area contributed by atoms with Gasteiger partial charge in [-0.15, -0.1) is 0 Å². The van der Waals surface area contributed by atoms with Crippen molar-refractivity contribution in [3.8, 4) is 0 Å². The predicted octanol–water partition coefficient (Wildman–Crippen LogP) is 12.9. The molecule has 0 aliphatic carbocycles. The molecule has 0 unspecified atom stereocenters. The van der Waals surface area contributed by atoms with Gasteiger partial charge in [0.2, 0.25) is 0 Å². The lowest BCUT2D eigenvalue weighted by molar-refractivity contribution is -0.597. The Morgan fingerprint density at radius 2 is 0.518 bits per heavy atom. The molecule has 8 rings (SSSR count). The molecule has 0 atom stereocenters. The van der Waals surface area contributed by atoms with E-state index < -0.39 is 46.9 Å². The summed E-state index contributed by atoms with van der Waals surface area (Å²) < 4.78 is 180. The van der Waals surface area contributed by atoms with Crippen LogP contribution in [-0.2, 0) is 52.1 Å². The third-order valence-electron chi connectivity index (χ3n) is 12.4. The first-order valence-corrected chi connectivity index (χ1v) is 35.0. The Bertz CT molecular complexity index is 3550. The zero-order chi connectivity index (χ0) is 63.6. The maximum atomic E-state index is 10.7. The van der Waals surface area contributed by atoms with Crippen molar-refractivity contribution in [2.75, 3.05) is 0 Å². The molecule has 0 saturated heterocycles. The smallest absolute Gasteiger partial charge is 0.485 e. The Morgan fingerprint density at radius 1 is 0.329 bits per heavy atom. The zero-order valence-electron chi connectivity index (χ0n) is 46.0. The van der Waals surface area contributed by atoms with E-state index >= 15 is 0 Å². The number of rotatable bonds is 12. The minimum Gasteiger partial charge on any atom is -0.741 e. The molecule has 85 heavy (non-hydrogen) atoms. The standard InChI is InChI=1S/C56H52IS4.3CHF3O3S/c1-37-13-9-17-53(41(37)5)60(54-18-10-14-38(2)42(54)6)51-33-29-49(30-34-51)58-47-25-21-45(22-26-47)57-46-23-27-48(28-24-46)59-50-31-35-52(36-32-50)61(55-19-11-15-39(3)43(55)7)56-20-12-16-40(4)44(56)8;3*2-1(3,4)8(5,6)7/h9-36H,1-8H3;3*(H,5,6,7)/q+3;;;/p-3. The van der Waals surface area contributed by atoms with Crippen LogP contribution in [0, 0.1) is 62.5 Å². The fraction of sp³-hybridized carbons (Fsp3) is 0.186. The van der Waals surface area contributed by atoms with Crippen LogP contribution < -0.4 is 21.2 Å². The van der Waals surface area contributed by atoms with Crippen LogP contribution in [-0.4, -0.2) is 55.4 Å². The van der Waals surface area contributed by atoms with Crippen LogP contribution in [0.1, 0.15) is 44.5 Å². The predicted molar refractivity (Wildman–Crippen MR) is 307 cm³/mol. The van der Waals surface area contributed by atoms with Gasteiger partial charge in [-0.05, 0) is 199 Å². The van der Waals surface area contributed by atoms with Gasteiger partial charge in [-0.2, -0.15) is 39.5 Å². The second-order valence-electron chi connectivity index (χ2n) is 18.3. The highest BCUT2D eigenvalue weighted by Gasteiger charge is 2.39. The minimum atomic E-state index is -6.09. The molecule has 0 amide bonds. The molecule has 0 radical (unpaired) electrons. The molecule has 0 saturated carbocycles. The van der Waals surface area contributed by atoms with Crippen molar-refractivity contribution in [3.05, 3.63) is 222 Å². The van der Waals surface area contributed by atoms with Crippen LogP contribution >= 0.6 is 23.5 Å². The summed E-state index contributed by atoms with van der Waals surface area (Å²) in [4.78, 5) is 13.5. The fourth-order valence-corrected chi connectivity index (χ4v) is 16.2. The summed E-state index contributed by atoms with van der Waals surface area (Å²) >= 11 is 3.42. The van der Waals surface area contributed by atoms with Crippen molar-refractivity contribution < 1.29 is 99.6 Å². The minimum absolute atomic E-state index is 0.172. The molecule has 8 aromatic carbocycles. The van der Waals surface area contributed by atoms with Crippen molar-refractivity contribution in [2.24, 2.45) is 0 Å². The van der Waals surface area contributed by atoms with Gasteiger partial charge in [-0.3, -0.25) is 0 Å². The molecule has 0 spiro atoms. The molecule has 0 bridgehead atoms. The molecular weight excluding hydrogens is 1370 g/mol. The van der Waals surface area contributed by atoms with Gasteiger partial charge < -0.3 is 13.7 Å². The third-order valence-corrected chi connectivity index (χ3v) is 23.8. The number of benzene rings is 8. The Kier molecular flexibility index (Phi) is 24.4. The normalized spacial score (nSPS) is 12.2. The van der Waals surface area contributed by atoms with Gasteiger partial charge in [-0.1, -0.05) is 72.1 Å². The van der Waals surface area contributed by atoms with Crippen molar-refractivity contribution in [1.29, 1.82) is 0 Å². The summed E-state index contributed by atoms with van der Waals surface area (Å²) in [5.74, 6) is 0. The molecule has 0 aliphatic rings. The average Bonchev–Trinajstić information content (AvgIpc) is 1.41. The topological polar surface area (TPSA) is 172 Å². The van der Waals surface area contributed by atoms with E-state index in [4.69, 9.17) is 38.9 Å². The molecule has 0 aliphatic heterocycles. The Hall–Kier alpha value is -5.01. The molecule has 0 aromatic heterocycles. The first-order chi connectivity index (χ1) is 39.3. The van der Waals surface area contributed by atoms with E-state index in [9.17, 15) is 39.5 Å². The summed E-state index contributed by atoms with van der Waals surface area (Å²) in [6.45, 7) is 18.0. The summed E-state index contributed by atoms with van der Waals surface area (Å²) in [5.41, 5.74) is -6.01. The molecule has 0 heterocycles. The maximum Gasteiger partial charge on any atom is 0.485 e. The van der Waals surface area contributed by atoms with Crippen LogP contribution in [0.2, 0.25) is 0 Å². The van der Waals surface area contributed by atoms with Crippen LogP contribution in [0.15, 0.2) is 219 Å². The highest BCUT2D eigenvalue weighted by Crippen LogP contribution is 2.40. The van der Waals surface area contributed by atoms with Crippen LogP contribution in [0.4, 0.5) is 39.5 Å². The van der Waals surface area contributed by atoms with E-state index in [1.165, 1.54) is 101 Å². The molecule has 454 valence electrons. The highest BCUT2D eigenvalue weighted by molar-refractivity contribution is 8.00. The largest absolute Gasteiger partial charge is 0.741 e. The Labute approximate surface area is 513 Å². The molecule has 0 fully saturated rings. The number of hydrogen-bond acceptors (Lipinski definition) is 11. The Morgan fingerprint density at radius 3 is 0.706 bits per heavy atom. The lowest BCUT2D eigenvalue weighted by Gasteiger charge is -2.14. The molecule has 9 nitrogen and oxygen atoms in total. The van der Waals surface area contributed by atoms with Crippen molar-refractivity contribution >= 4 is 75.7 Å². The van der Waals surface area contributed by atoms with Crippen molar-refractivity contribution in [3.63, 3.8) is 0 Å². The SMILES string of the molecule is Cc1cccc([S+](c2ccc(Sc3ccc([I+]c4ccc(Sc5ccc([S+](c6cccc(C)c6C)c6cccc(C)c6C)cc5)cc4)cc3)cc2)c2cccc(C)c2C)c1C.O=S(=O)([O-])C(F)(F)F.O=S(=O)([O-])C(F)(F)F.O=S(=O)([O-])C(F)(F)F. The van der Waals surface area contributed by atoms with Gasteiger partial charge in [0.25, 0.3) is 0 Å². The van der Waals surface area contributed by atoms with Crippen LogP contribution in [0.5, 0.6) is 0 Å². The van der Waals surface area contributed by atoms with E-state index in [0.717, 1.165) is 0 Å². The van der Waals surface area contributed by atoms with Gasteiger partial charge in [0, 0.05) is 41.8 Å². The van der Waals surface area contributed by atoms with E-state index in [-0.39, 0.29) is 43.0 Å². The first-order valence-electron chi connectivity index (χ1n) is 24.5. The first kappa shape index (κ1) is 70.7. The monoisotopic (exact) mass is 1430 g/mol. The lowest BCUT2D eigenvalue weighted by atomic mass is 10.1.